The predicted octanol–water partition coefficient (Wildman–Crippen LogP) is 3.15. The van der Waals surface area contributed by atoms with Gasteiger partial charge in [-0.25, -0.2) is 9.37 Å². The fourth-order valence-electron chi connectivity index (χ4n) is 1.83. The van der Waals surface area contributed by atoms with Gasteiger partial charge in [0, 0.05) is 11.3 Å². The highest BCUT2D eigenvalue weighted by Gasteiger charge is 2.08. The van der Waals surface area contributed by atoms with Gasteiger partial charge >= 0.3 is 0 Å². The zero-order valence-electron chi connectivity index (χ0n) is 11.6. The standard InChI is InChI=1S/C15H17FN2OS/c1-10-11(2)20-15(18-10)9-17-14(19)8-7-12-5-3-4-6-13(12)16/h3-6H,7-9H2,1-2H3,(H,17,19). The van der Waals surface area contributed by atoms with E-state index in [1.165, 1.54) is 10.9 Å². The Kier molecular flexibility index (Phi) is 4.84. The van der Waals surface area contributed by atoms with Gasteiger partial charge in [0.25, 0.3) is 0 Å². The molecule has 1 aromatic heterocycles. The van der Waals surface area contributed by atoms with Crippen molar-refractivity contribution in [1.82, 2.24) is 10.3 Å². The van der Waals surface area contributed by atoms with Crippen molar-refractivity contribution in [2.24, 2.45) is 0 Å². The lowest BCUT2D eigenvalue weighted by Gasteiger charge is -2.04. The average molecular weight is 292 g/mol. The van der Waals surface area contributed by atoms with Crippen molar-refractivity contribution in [1.29, 1.82) is 0 Å². The molecule has 0 aliphatic rings. The van der Waals surface area contributed by atoms with Crippen molar-refractivity contribution in [3.05, 3.63) is 51.2 Å². The summed E-state index contributed by atoms with van der Waals surface area (Å²) in [4.78, 5) is 17.3. The molecule has 0 saturated carbocycles. The molecule has 2 aromatic rings. The molecular formula is C15H17FN2OS. The Morgan fingerprint density at radius 2 is 2.10 bits per heavy atom. The zero-order valence-corrected chi connectivity index (χ0v) is 12.4. The number of thiazole rings is 1. The number of aromatic nitrogens is 1. The topological polar surface area (TPSA) is 42.0 Å². The smallest absolute Gasteiger partial charge is 0.220 e. The molecule has 0 unspecified atom stereocenters. The van der Waals surface area contributed by atoms with Crippen molar-refractivity contribution in [2.75, 3.05) is 0 Å². The Labute approximate surface area is 121 Å². The van der Waals surface area contributed by atoms with Gasteiger partial charge in [0.2, 0.25) is 5.91 Å². The number of carbonyl (C=O) groups excluding carboxylic acids is 1. The Balaban J connectivity index is 1.80. The molecule has 1 aromatic carbocycles. The summed E-state index contributed by atoms with van der Waals surface area (Å²) >= 11 is 1.59. The van der Waals surface area contributed by atoms with Crippen molar-refractivity contribution in [2.45, 2.75) is 33.2 Å². The van der Waals surface area contributed by atoms with E-state index in [9.17, 15) is 9.18 Å². The lowest BCUT2D eigenvalue weighted by atomic mass is 10.1. The van der Waals surface area contributed by atoms with Crippen LogP contribution in [-0.2, 0) is 17.8 Å². The fourth-order valence-corrected chi connectivity index (χ4v) is 2.70. The first-order valence-corrected chi connectivity index (χ1v) is 7.31. The van der Waals surface area contributed by atoms with Crippen LogP contribution in [0.1, 0.15) is 27.6 Å². The van der Waals surface area contributed by atoms with E-state index in [1.54, 1.807) is 29.5 Å². The number of rotatable bonds is 5. The van der Waals surface area contributed by atoms with Crippen molar-refractivity contribution >= 4 is 17.2 Å². The third-order valence-corrected chi connectivity index (χ3v) is 4.16. The van der Waals surface area contributed by atoms with Crippen LogP contribution in [0, 0.1) is 19.7 Å². The van der Waals surface area contributed by atoms with Crippen LogP contribution < -0.4 is 5.32 Å². The number of nitrogens with one attached hydrogen (secondary N) is 1. The maximum atomic E-state index is 13.4. The van der Waals surface area contributed by atoms with Crippen molar-refractivity contribution in [3.8, 4) is 0 Å². The van der Waals surface area contributed by atoms with Gasteiger partial charge in [-0.2, -0.15) is 0 Å². The second-order valence-electron chi connectivity index (χ2n) is 4.62. The van der Waals surface area contributed by atoms with Crippen LogP contribution >= 0.6 is 11.3 Å². The first kappa shape index (κ1) is 14.7. The highest BCUT2D eigenvalue weighted by atomic mass is 32.1. The molecule has 2 rings (SSSR count). The first-order valence-electron chi connectivity index (χ1n) is 6.49. The van der Waals surface area contributed by atoms with Gasteiger partial charge in [-0.15, -0.1) is 11.3 Å². The van der Waals surface area contributed by atoms with Gasteiger partial charge in [0.1, 0.15) is 10.8 Å². The molecule has 0 radical (unpaired) electrons. The number of halogens is 1. The summed E-state index contributed by atoms with van der Waals surface area (Å²) in [6.45, 7) is 4.40. The van der Waals surface area contributed by atoms with Gasteiger partial charge in [-0.05, 0) is 31.9 Å². The third kappa shape index (κ3) is 3.87. The van der Waals surface area contributed by atoms with Crippen LogP contribution in [0.4, 0.5) is 4.39 Å². The van der Waals surface area contributed by atoms with E-state index >= 15 is 0 Å². The Hall–Kier alpha value is -1.75. The SMILES string of the molecule is Cc1nc(CNC(=O)CCc2ccccc2F)sc1C. The molecule has 0 fully saturated rings. The minimum Gasteiger partial charge on any atom is -0.350 e. The molecule has 0 bridgehead atoms. The maximum Gasteiger partial charge on any atom is 0.220 e. The quantitative estimate of drug-likeness (QED) is 0.920. The lowest BCUT2D eigenvalue weighted by Crippen LogP contribution is -2.23. The molecule has 5 heteroatoms. The Morgan fingerprint density at radius 3 is 2.75 bits per heavy atom. The molecule has 0 saturated heterocycles. The van der Waals surface area contributed by atoms with Gasteiger partial charge in [0.05, 0.1) is 12.2 Å². The van der Waals surface area contributed by atoms with Crippen molar-refractivity contribution in [3.63, 3.8) is 0 Å². The molecule has 0 aliphatic heterocycles. The molecule has 0 spiro atoms. The van der Waals surface area contributed by atoms with E-state index < -0.39 is 0 Å². The molecule has 1 amide bonds. The average Bonchev–Trinajstić information content (AvgIpc) is 2.75. The Bertz CT molecular complexity index is 590. The minimum absolute atomic E-state index is 0.0845. The number of hydrogen-bond acceptors (Lipinski definition) is 3. The number of amides is 1. The lowest BCUT2D eigenvalue weighted by molar-refractivity contribution is -0.121. The summed E-state index contributed by atoms with van der Waals surface area (Å²) < 4.78 is 13.4. The molecule has 3 nitrogen and oxygen atoms in total. The monoisotopic (exact) mass is 292 g/mol. The van der Waals surface area contributed by atoms with Gasteiger partial charge in [-0.3, -0.25) is 4.79 Å². The van der Waals surface area contributed by atoms with E-state index in [2.05, 4.69) is 10.3 Å². The van der Waals surface area contributed by atoms with Gasteiger partial charge in [0.15, 0.2) is 0 Å². The molecule has 1 heterocycles. The second kappa shape index (κ2) is 6.61. The van der Waals surface area contributed by atoms with E-state index in [4.69, 9.17) is 0 Å². The van der Waals surface area contributed by atoms with E-state index in [0.29, 0.717) is 18.5 Å². The van der Waals surface area contributed by atoms with E-state index in [1.807, 2.05) is 13.8 Å². The number of carbonyl (C=O) groups is 1. The van der Waals surface area contributed by atoms with E-state index in [-0.39, 0.29) is 18.1 Å². The normalized spacial score (nSPS) is 10.6. The summed E-state index contributed by atoms with van der Waals surface area (Å²) in [7, 11) is 0. The summed E-state index contributed by atoms with van der Waals surface area (Å²) in [6.07, 6.45) is 0.693. The van der Waals surface area contributed by atoms with Crippen LogP contribution in [0.2, 0.25) is 0 Å². The second-order valence-corrected chi connectivity index (χ2v) is 5.91. The fraction of sp³-hybridized carbons (Fsp3) is 0.333. The number of nitrogens with zero attached hydrogens (tertiary/aromatic N) is 1. The van der Waals surface area contributed by atoms with E-state index in [0.717, 1.165) is 10.7 Å². The number of hydrogen-bond donors (Lipinski definition) is 1. The van der Waals surface area contributed by atoms with Crippen molar-refractivity contribution < 1.29 is 9.18 Å². The predicted molar refractivity (Wildman–Crippen MR) is 78.2 cm³/mol. The summed E-state index contributed by atoms with van der Waals surface area (Å²) in [5.41, 5.74) is 1.58. The van der Waals surface area contributed by atoms with Crippen LogP contribution in [0.3, 0.4) is 0 Å². The first-order chi connectivity index (χ1) is 9.56. The Morgan fingerprint density at radius 1 is 1.35 bits per heavy atom. The van der Waals surface area contributed by atoms with Crippen LogP contribution in [-0.4, -0.2) is 10.9 Å². The molecule has 20 heavy (non-hydrogen) atoms. The highest BCUT2D eigenvalue weighted by Crippen LogP contribution is 2.16. The molecule has 106 valence electrons. The zero-order chi connectivity index (χ0) is 14.5. The minimum atomic E-state index is -0.258. The number of benzene rings is 1. The summed E-state index contributed by atoms with van der Waals surface area (Å²) in [6, 6.07) is 6.54. The summed E-state index contributed by atoms with van der Waals surface area (Å²) in [5, 5.41) is 3.72. The molecular weight excluding hydrogens is 275 g/mol. The van der Waals surface area contributed by atoms with Crippen LogP contribution in [0.5, 0.6) is 0 Å². The molecule has 1 N–H and O–H groups in total. The largest absolute Gasteiger partial charge is 0.350 e. The van der Waals surface area contributed by atoms with Gasteiger partial charge < -0.3 is 5.32 Å². The van der Waals surface area contributed by atoms with Crippen LogP contribution in [0.25, 0.3) is 0 Å². The molecule has 0 atom stereocenters. The number of aryl methyl sites for hydroxylation is 3. The van der Waals surface area contributed by atoms with Gasteiger partial charge in [-0.1, -0.05) is 18.2 Å². The van der Waals surface area contributed by atoms with Crippen LogP contribution in [0.15, 0.2) is 24.3 Å². The maximum absolute atomic E-state index is 13.4. The summed E-state index contributed by atoms with van der Waals surface area (Å²) in [5.74, 6) is -0.342. The third-order valence-electron chi connectivity index (χ3n) is 3.09. The highest BCUT2D eigenvalue weighted by molar-refractivity contribution is 7.11. The molecule has 0 aliphatic carbocycles.